The molecule has 1 aliphatic rings. The number of rotatable bonds is 5. The van der Waals surface area contributed by atoms with E-state index in [1.807, 2.05) is 6.92 Å². The Bertz CT molecular complexity index is 727. The number of benzene rings is 1. The lowest BCUT2D eigenvalue weighted by atomic mass is 10.1. The molecular formula is C13H20N2O4S2. The maximum absolute atomic E-state index is 12.2. The summed E-state index contributed by atoms with van der Waals surface area (Å²) in [5.74, 6) is 0.136. The maximum Gasteiger partial charge on any atom is 0.240 e. The van der Waals surface area contributed by atoms with Gasteiger partial charge in [-0.3, -0.25) is 0 Å². The highest BCUT2D eigenvalue weighted by Crippen LogP contribution is 2.21. The van der Waals surface area contributed by atoms with Gasteiger partial charge in [0.2, 0.25) is 10.0 Å². The molecule has 3 N–H and O–H groups in total. The van der Waals surface area contributed by atoms with Gasteiger partial charge in [-0.15, -0.1) is 0 Å². The normalized spacial score (nSPS) is 21.5. The van der Waals surface area contributed by atoms with Crippen molar-refractivity contribution in [2.24, 2.45) is 0 Å². The average molecular weight is 332 g/mol. The Hall–Kier alpha value is -1.12. The van der Waals surface area contributed by atoms with Crippen molar-refractivity contribution in [3.05, 3.63) is 23.8 Å². The Morgan fingerprint density at radius 3 is 2.62 bits per heavy atom. The van der Waals surface area contributed by atoms with Gasteiger partial charge in [0, 0.05) is 12.2 Å². The largest absolute Gasteiger partial charge is 0.398 e. The van der Waals surface area contributed by atoms with Crippen LogP contribution < -0.4 is 10.5 Å². The van der Waals surface area contributed by atoms with Gasteiger partial charge in [0.1, 0.15) is 0 Å². The van der Waals surface area contributed by atoms with Crippen molar-refractivity contribution in [2.45, 2.75) is 36.3 Å². The fourth-order valence-corrected chi connectivity index (χ4v) is 5.42. The molecule has 1 heterocycles. The first-order valence-corrected chi connectivity index (χ1v) is 10.1. The van der Waals surface area contributed by atoms with Gasteiger partial charge in [0.05, 0.1) is 15.9 Å². The summed E-state index contributed by atoms with van der Waals surface area (Å²) in [6, 6.07) is 4.57. The minimum Gasteiger partial charge on any atom is -0.398 e. The molecule has 1 fully saturated rings. The minimum absolute atomic E-state index is 0.0626. The van der Waals surface area contributed by atoms with E-state index in [1.54, 1.807) is 6.07 Å². The Morgan fingerprint density at radius 2 is 2.10 bits per heavy atom. The highest BCUT2D eigenvalue weighted by atomic mass is 32.2. The van der Waals surface area contributed by atoms with Crippen LogP contribution in [0.5, 0.6) is 0 Å². The van der Waals surface area contributed by atoms with E-state index in [1.165, 1.54) is 12.1 Å². The van der Waals surface area contributed by atoms with Crippen molar-refractivity contribution in [1.82, 2.24) is 4.72 Å². The standard InChI is InChI=1S/C13H20N2O4S2/c1-2-10-5-6-11(8-13(10)14)21(18,19)15-9-12-4-3-7-20(12,16)17/h5-6,8,12,15H,2-4,7,9,14H2,1H3. The van der Waals surface area contributed by atoms with Gasteiger partial charge in [-0.25, -0.2) is 21.6 Å². The fourth-order valence-electron chi connectivity index (χ4n) is 2.44. The van der Waals surface area contributed by atoms with Crippen LogP contribution in [0.1, 0.15) is 25.3 Å². The number of anilines is 1. The van der Waals surface area contributed by atoms with Gasteiger partial charge < -0.3 is 5.73 Å². The number of hydrogen-bond donors (Lipinski definition) is 2. The van der Waals surface area contributed by atoms with E-state index in [0.29, 0.717) is 18.5 Å². The van der Waals surface area contributed by atoms with E-state index in [0.717, 1.165) is 12.0 Å². The van der Waals surface area contributed by atoms with E-state index < -0.39 is 25.1 Å². The fraction of sp³-hybridized carbons (Fsp3) is 0.538. The molecule has 0 spiro atoms. The van der Waals surface area contributed by atoms with Gasteiger partial charge in [-0.2, -0.15) is 0 Å². The molecule has 2 rings (SSSR count). The molecule has 21 heavy (non-hydrogen) atoms. The van der Waals surface area contributed by atoms with E-state index in [9.17, 15) is 16.8 Å². The molecule has 1 saturated heterocycles. The van der Waals surface area contributed by atoms with Crippen molar-refractivity contribution in [2.75, 3.05) is 18.0 Å². The molecule has 1 atom stereocenters. The molecule has 0 aliphatic carbocycles. The maximum atomic E-state index is 12.2. The number of sulfone groups is 1. The van der Waals surface area contributed by atoms with Crippen LogP contribution in [-0.4, -0.2) is 34.4 Å². The number of hydrogen-bond acceptors (Lipinski definition) is 5. The monoisotopic (exact) mass is 332 g/mol. The highest BCUT2D eigenvalue weighted by molar-refractivity contribution is 7.92. The third kappa shape index (κ3) is 3.56. The summed E-state index contributed by atoms with van der Waals surface area (Å²) in [6.07, 6.45) is 1.81. The Balaban J connectivity index is 2.14. The Kier molecular flexibility index (Phi) is 4.60. The Morgan fingerprint density at radius 1 is 1.38 bits per heavy atom. The zero-order valence-corrected chi connectivity index (χ0v) is 13.5. The van der Waals surface area contributed by atoms with Crippen LogP contribution in [-0.2, 0) is 26.3 Å². The molecule has 0 saturated carbocycles. The third-order valence-corrected chi connectivity index (χ3v) is 7.47. The van der Waals surface area contributed by atoms with Gasteiger partial charge >= 0.3 is 0 Å². The molecule has 6 nitrogen and oxygen atoms in total. The zero-order valence-electron chi connectivity index (χ0n) is 11.9. The topological polar surface area (TPSA) is 106 Å². The van der Waals surface area contributed by atoms with Crippen LogP contribution in [0, 0.1) is 0 Å². The molecule has 1 aliphatic heterocycles. The van der Waals surface area contributed by atoms with Crippen LogP contribution in [0.25, 0.3) is 0 Å². The molecule has 0 amide bonds. The summed E-state index contributed by atoms with van der Waals surface area (Å²) in [5.41, 5.74) is 7.11. The van der Waals surface area contributed by atoms with E-state index >= 15 is 0 Å². The van der Waals surface area contributed by atoms with Crippen molar-refractivity contribution in [3.63, 3.8) is 0 Å². The predicted molar refractivity (Wildman–Crippen MR) is 82.2 cm³/mol. The average Bonchev–Trinajstić information content (AvgIpc) is 2.75. The molecule has 0 radical (unpaired) electrons. The molecule has 8 heteroatoms. The van der Waals surface area contributed by atoms with Gasteiger partial charge in [-0.1, -0.05) is 13.0 Å². The molecule has 1 aromatic carbocycles. The van der Waals surface area contributed by atoms with Gasteiger partial charge in [0.15, 0.2) is 9.84 Å². The van der Waals surface area contributed by atoms with Crippen molar-refractivity contribution in [1.29, 1.82) is 0 Å². The number of nitrogens with two attached hydrogens (primary N) is 1. The summed E-state index contributed by atoms with van der Waals surface area (Å²) >= 11 is 0. The van der Waals surface area contributed by atoms with Gasteiger partial charge in [0.25, 0.3) is 0 Å². The van der Waals surface area contributed by atoms with Crippen LogP contribution in [0.15, 0.2) is 23.1 Å². The lowest BCUT2D eigenvalue weighted by molar-refractivity contribution is 0.571. The van der Waals surface area contributed by atoms with Crippen LogP contribution in [0.4, 0.5) is 5.69 Å². The van der Waals surface area contributed by atoms with E-state index in [2.05, 4.69) is 4.72 Å². The second kappa shape index (κ2) is 5.94. The van der Waals surface area contributed by atoms with E-state index in [4.69, 9.17) is 5.73 Å². The Labute approximate surface area is 125 Å². The first-order chi connectivity index (χ1) is 9.76. The second-order valence-corrected chi connectivity index (χ2v) is 9.36. The number of nitrogens with one attached hydrogen (secondary N) is 1. The lowest BCUT2D eigenvalue weighted by Crippen LogP contribution is -2.34. The first-order valence-electron chi connectivity index (χ1n) is 6.86. The number of sulfonamides is 1. The van der Waals surface area contributed by atoms with E-state index in [-0.39, 0.29) is 17.2 Å². The zero-order chi connectivity index (χ0) is 15.7. The number of nitrogen functional groups attached to an aromatic ring is 1. The summed E-state index contributed by atoms with van der Waals surface area (Å²) in [4.78, 5) is 0.0626. The summed E-state index contributed by atoms with van der Waals surface area (Å²) in [7, 11) is -6.90. The lowest BCUT2D eigenvalue weighted by Gasteiger charge is -2.12. The van der Waals surface area contributed by atoms with Crippen LogP contribution in [0.3, 0.4) is 0 Å². The number of aryl methyl sites for hydroxylation is 1. The molecule has 1 aromatic rings. The molecule has 1 unspecified atom stereocenters. The second-order valence-electron chi connectivity index (χ2n) is 5.20. The predicted octanol–water partition coefficient (Wildman–Crippen LogP) is 0.687. The first kappa shape index (κ1) is 16.3. The summed E-state index contributed by atoms with van der Waals surface area (Å²) < 4.78 is 50.2. The van der Waals surface area contributed by atoms with Crippen molar-refractivity contribution in [3.8, 4) is 0 Å². The van der Waals surface area contributed by atoms with Crippen molar-refractivity contribution >= 4 is 25.5 Å². The SMILES string of the molecule is CCc1ccc(S(=O)(=O)NCC2CCCS2(=O)=O)cc1N. The smallest absolute Gasteiger partial charge is 0.240 e. The molecular weight excluding hydrogens is 312 g/mol. The molecule has 0 aromatic heterocycles. The summed E-state index contributed by atoms with van der Waals surface area (Å²) in [6.45, 7) is 1.85. The molecule has 0 bridgehead atoms. The van der Waals surface area contributed by atoms with Crippen molar-refractivity contribution < 1.29 is 16.8 Å². The molecule has 118 valence electrons. The van der Waals surface area contributed by atoms with Crippen LogP contribution in [0.2, 0.25) is 0 Å². The quantitative estimate of drug-likeness (QED) is 0.772. The van der Waals surface area contributed by atoms with Gasteiger partial charge in [-0.05, 0) is 37.0 Å². The van der Waals surface area contributed by atoms with Crippen LogP contribution >= 0.6 is 0 Å². The third-order valence-electron chi connectivity index (χ3n) is 3.77. The minimum atomic E-state index is -3.74. The summed E-state index contributed by atoms with van der Waals surface area (Å²) in [5, 5.41) is -0.625. The highest BCUT2D eigenvalue weighted by Gasteiger charge is 2.32.